The number of hydrogen-bond acceptors (Lipinski definition) is 0. The Balaban J connectivity index is 2.50. The lowest BCUT2D eigenvalue weighted by Gasteiger charge is -2.08. The minimum Gasteiger partial charge on any atom is -0.347 e. The summed E-state index contributed by atoms with van der Waals surface area (Å²) in [6, 6.07) is 8.58. The van der Waals surface area contributed by atoms with Gasteiger partial charge in [-0.1, -0.05) is 35.8 Å². The third-order valence-electron chi connectivity index (χ3n) is 2.30. The molecule has 0 radical (unpaired) electrons. The van der Waals surface area contributed by atoms with Gasteiger partial charge in [-0.25, -0.2) is 0 Å². The van der Waals surface area contributed by atoms with Gasteiger partial charge in [0.15, 0.2) is 0 Å². The third-order valence-corrected chi connectivity index (χ3v) is 2.79. The highest BCUT2D eigenvalue weighted by molar-refractivity contribution is 9.10. The molecule has 14 heavy (non-hydrogen) atoms. The monoisotopic (exact) mass is 251 g/mol. The zero-order chi connectivity index (χ0) is 10.1. The molecule has 2 rings (SSSR count). The van der Waals surface area contributed by atoms with E-state index in [1.807, 2.05) is 0 Å². The molecule has 0 saturated carbocycles. The SMILES string of the molecule is CC(C)Cn1ccc2ccc(Br)cc21. The first-order valence-electron chi connectivity index (χ1n) is 4.91. The second-order valence-corrected chi connectivity index (χ2v) is 4.98. The molecule has 0 N–H and O–H groups in total. The van der Waals surface area contributed by atoms with Crippen LogP contribution in [0.4, 0.5) is 0 Å². The Morgan fingerprint density at radius 3 is 2.79 bits per heavy atom. The van der Waals surface area contributed by atoms with Crippen molar-refractivity contribution in [2.45, 2.75) is 20.4 Å². The Morgan fingerprint density at radius 1 is 1.29 bits per heavy atom. The van der Waals surface area contributed by atoms with Gasteiger partial charge in [0, 0.05) is 22.7 Å². The molecule has 0 aliphatic carbocycles. The Bertz CT molecular complexity index is 443. The maximum Gasteiger partial charge on any atom is 0.0491 e. The highest BCUT2D eigenvalue weighted by atomic mass is 79.9. The average molecular weight is 252 g/mol. The lowest BCUT2D eigenvalue weighted by molar-refractivity contribution is 0.535. The number of aromatic nitrogens is 1. The number of nitrogens with zero attached hydrogens (tertiary/aromatic N) is 1. The van der Waals surface area contributed by atoms with Gasteiger partial charge in [-0.15, -0.1) is 0 Å². The van der Waals surface area contributed by atoms with Crippen LogP contribution in [0.2, 0.25) is 0 Å². The zero-order valence-electron chi connectivity index (χ0n) is 8.50. The molecule has 1 aromatic heterocycles. The van der Waals surface area contributed by atoms with Crippen LogP contribution in [0.1, 0.15) is 13.8 Å². The Labute approximate surface area is 92.9 Å². The summed E-state index contributed by atoms with van der Waals surface area (Å²) >= 11 is 3.50. The number of halogens is 1. The predicted molar refractivity (Wildman–Crippen MR) is 64.5 cm³/mol. The topological polar surface area (TPSA) is 4.93 Å². The van der Waals surface area contributed by atoms with Crippen LogP contribution in [0.3, 0.4) is 0 Å². The molecular formula is C12H14BrN. The average Bonchev–Trinajstić information content (AvgIpc) is 2.47. The molecule has 0 bridgehead atoms. The molecule has 1 nitrogen and oxygen atoms in total. The van der Waals surface area contributed by atoms with Crippen molar-refractivity contribution in [3.8, 4) is 0 Å². The first kappa shape index (κ1) is 9.78. The van der Waals surface area contributed by atoms with Crippen LogP contribution in [0, 0.1) is 5.92 Å². The van der Waals surface area contributed by atoms with Gasteiger partial charge in [0.25, 0.3) is 0 Å². The summed E-state index contributed by atoms with van der Waals surface area (Å²) in [5, 5.41) is 1.31. The molecule has 0 aliphatic rings. The molecule has 0 aliphatic heterocycles. The molecule has 0 spiro atoms. The van der Waals surface area contributed by atoms with E-state index in [-0.39, 0.29) is 0 Å². The molecule has 0 unspecified atom stereocenters. The van der Waals surface area contributed by atoms with Crippen LogP contribution >= 0.6 is 15.9 Å². The summed E-state index contributed by atoms with van der Waals surface area (Å²) in [6.45, 7) is 5.56. The molecule has 2 aromatic rings. The summed E-state index contributed by atoms with van der Waals surface area (Å²) in [5.74, 6) is 0.685. The largest absolute Gasteiger partial charge is 0.347 e. The Morgan fingerprint density at radius 2 is 2.07 bits per heavy atom. The van der Waals surface area contributed by atoms with Crippen LogP contribution in [0.25, 0.3) is 10.9 Å². The van der Waals surface area contributed by atoms with Gasteiger partial charge in [-0.2, -0.15) is 0 Å². The molecule has 0 amide bonds. The van der Waals surface area contributed by atoms with Crippen LogP contribution in [0.5, 0.6) is 0 Å². The quantitative estimate of drug-likeness (QED) is 0.759. The highest BCUT2D eigenvalue weighted by Crippen LogP contribution is 2.21. The van der Waals surface area contributed by atoms with E-state index < -0.39 is 0 Å². The van der Waals surface area contributed by atoms with Crippen molar-refractivity contribution in [1.29, 1.82) is 0 Å². The van der Waals surface area contributed by atoms with E-state index in [4.69, 9.17) is 0 Å². The molecule has 0 atom stereocenters. The number of benzene rings is 1. The lowest BCUT2D eigenvalue weighted by atomic mass is 10.2. The van der Waals surface area contributed by atoms with Gasteiger partial charge in [-0.3, -0.25) is 0 Å². The smallest absolute Gasteiger partial charge is 0.0491 e. The fourth-order valence-corrected chi connectivity index (χ4v) is 2.06. The van der Waals surface area contributed by atoms with Crippen molar-refractivity contribution in [1.82, 2.24) is 4.57 Å². The maximum absolute atomic E-state index is 3.50. The van der Waals surface area contributed by atoms with Gasteiger partial charge in [0.2, 0.25) is 0 Å². The van der Waals surface area contributed by atoms with Gasteiger partial charge < -0.3 is 4.57 Å². The van der Waals surface area contributed by atoms with Crippen LogP contribution < -0.4 is 0 Å². The van der Waals surface area contributed by atoms with Crippen LogP contribution in [0.15, 0.2) is 34.9 Å². The molecule has 2 heteroatoms. The number of hydrogen-bond donors (Lipinski definition) is 0. The summed E-state index contributed by atoms with van der Waals surface area (Å²) in [6.07, 6.45) is 2.16. The van der Waals surface area contributed by atoms with E-state index in [9.17, 15) is 0 Å². The Kier molecular flexibility index (Phi) is 2.64. The zero-order valence-corrected chi connectivity index (χ0v) is 10.1. The predicted octanol–water partition coefficient (Wildman–Crippen LogP) is 4.06. The fourth-order valence-electron chi connectivity index (χ4n) is 1.71. The first-order valence-corrected chi connectivity index (χ1v) is 5.70. The molecule has 0 saturated heterocycles. The van der Waals surface area contributed by atoms with Crippen molar-refractivity contribution < 1.29 is 0 Å². The van der Waals surface area contributed by atoms with E-state index in [0.717, 1.165) is 11.0 Å². The summed E-state index contributed by atoms with van der Waals surface area (Å²) in [4.78, 5) is 0. The fraction of sp³-hybridized carbons (Fsp3) is 0.333. The molecule has 1 aromatic carbocycles. The van der Waals surface area contributed by atoms with E-state index in [0.29, 0.717) is 5.92 Å². The normalized spacial score (nSPS) is 11.4. The molecule has 1 heterocycles. The van der Waals surface area contributed by atoms with Gasteiger partial charge in [0.05, 0.1) is 0 Å². The maximum atomic E-state index is 3.50. The van der Waals surface area contributed by atoms with E-state index in [1.54, 1.807) is 0 Å². The van der Waals surface area contributed by atoms with Gasteiger partial charge >= 0.3 is 0 Å². The molecular weight excluding hydrogens is 238 g/mol. The van der Waals surface area contributed by atoms with Crippen molar-refractivity contribution in [3.63, 3.8) is 0 Å². The van der Waals surface area contributed by atoms with Crippen molar-refractivity contribution in [2.24, 2.45) is 5.92 Å². The van der Waals surface area contributed by atoms with Crippen molar-refractivity contribution in [3.05, 3.63) is 34.9 Å². The third kappa shape index (κ3) is 1.85. The Hall–Kier alpha value is -0.760. The summed E-state index contributed by atoms with van der Waals surface area (Å²) < 4.78 is 3.46. The van der Waals surface area contributed by atoms with E-state index in [2.05, 4.69) is 64.8 Å². The standard InChI is InChI=1S/C12H14BrN/c1-9(2)8-14-6-5-10-3-4-11(13)7-12(10)14/h3-7,9H,8H2,1-2H3. The van der Waals surface area contributed by atoms with Crippen LogP contribution in [-0.2, 0) is 6.54 Å². The first-order chi connectivity index (χ1) is 6.66. The number of fused-ring (bicyclic) bond motifs is 1. The molecule has 0 fully saturated rings. The second kappa shape index (κ2) is 3.77. The lowest BCUT2D eigenvalue weighted by Crippen LogP contribution is -2.02. The van der Waals surface area contributed by atoms with Crippen molar-refractivity contribution in [2.75, 3.05) is 0 Å². The summed E-state index contributed by atoms with van der Waals surface area (Å²) in [5.41, 5.74) is 1.31. The van der Waals surface area contributed by atoms with Gasteiger partial charge in [-0.05, 0) is 29.5 Å². The minimum atomic E-state index is 0.685. The van der Waals surface area contributed by atoms with Crippen LogP contribution in [-0.4, -0.2) is 4.57 Å². The van der Waals surface area contributed by atoms with Gasteiger partial charge in [0.1, 0.15) is 0 Å². The minimum absolute atomic E-state index is 0.685. The second-order valence-electron chi connectivity index (χ2n) is 4.07. The van der Waals surface area contributed by atoms with E-state index in [1.165, 1.54) is 10.9 Å². The molecule has 74 valence electrons. The number of rotatable bonds is 2. The van der Waals surface area contributed by atoms with Crippen molar-refractivity contribution >= 4 is 26.8 Å². The summed E-state index contributed by atoms with van der Waals surface area (Å²) in [7, 11) is 0. The highest BCUT2D eigenvalue weighted by Gasteiger charge is 2.02. The van der Waals surface area contributed by atoms with E-state index >= 15 is 0 Å².